The van der Waals surface area contributed by atoms with Crippen LogP contribution in [-0.4, -0.2) is 47.8 Å². The summed E-state index contributed by atoms with van der Waals surface area (Å²) < 4.78 is 0. The molecule has 0 aliphatic carbocycles. The van der Waals surface area contributed by atoms with Crippen molar-refractivity contribution >= 4 is 17.7 Å². The molecule has 6 nitrogen and oxygen atoms in total. The van der Waals surface area contributed by atoms with Crippen LogP contribution < -0.4 is 10.6 Å². The van der Waals surface area contributed by atoms with E-state index >= 15 is 0 Å². The highest BCUT2D eigenvalue weighted by Gasteiger charge is 2.34. The SMILES string of the molecule is CCC(=O)N1CCC(C(NC(=O)c2ccc(C)cc2)C(=O)NC(C)CC)CC1. The molecule has 2 rings (SSSR count). The summed E-state index contributed by atoms with van der Waals surface area (Å²) in [5.74, 6) is -0.228. The smallest absolute Gasteiger partial charge is 0.251 e. The lowest BCUT2D eigenvalue weighted by Crippen LogP contribution is -2.55. The molecule has 1 aliphatic heterocycles. The molecule has 0 radical (unpaired) electrons. The van der Waals surface area contributed by atoms with Crippen LogP contribution in [0.3, 0.4) is 0 Å². The zero-order chi connectivity index (χ0) is 20.7. The first kappa shape index (κ1) is 21.9. The normalized spacial score (nSPS) is 16.9. The van der Waals surface area contributed by atoms with Gasteiger partial charge >= 0.3 is 0 Å². The highest BCUT2D eigenvalue weighted by molar-refractivity contribution is 5.97. The Morgan fingerprint density at radius 2 is 1.68 bits per heavy atom. The molecular formula is C22H33N3O3. The Labute approximate surface area is 168 Å². The van der Waals surface area contributed by atoms with E-state index < -0.39 is 6.04 Å². The summed E-state index contributed by atoms with van der Waals surface area (Å²) in [5.41, 5.74) is 1.63. The molecule has 2 atom stereocenters. The number of aryl methyl sites for hydroxylation is 1. The average molecular weight is 388 g/mol. The minimum atomic E-state index is -0.596. The number of hydrogen-bond donors (Lipinski definition) is 2. The maximum absolute atomic E-state index is 12.9. The molecule has 0 spiro atoms. The Balaban J connectivity index is 2.11. The third kappa shape index (κ3) is 5.81. The van der Waals surface area contributed by atoms with Crippen molar-refractivity contribution in [3.8, 4) is 0 Å². The van der Waals surface area contributed by atoms with Gasteiger partial charge in [-0.25, -0.2) is 0 Å². The average Bonchev–Trinajstić information content (AvgIpc) is 2.71. The lowest BCUT2D eigenvalue weighted by molar-refractivity contribution is -0.132. The van der Waals surface area contributed by atoms with E-state index in [0.29, 0.717) is 37.9 Å². The lowest BCUT2D eigenvalue weighted by atomic mass is 9.88. The Bertz CT molecular complexity index is 679. The van der Waals surface area contributed by atoms with Crippen LogP contribution in [-0.2, 0) is 9.59 Å². The Kier molecular flexibility index (Phi) is 8.03. The summed E-state index contributed by atoms with van der Waals surface area (Å²) in [6, 6.07) is 6.78. The molecule has 28 heavy (non-hydrogen) atoms. The Morgan fingerprint density at radius 3 is 2.21 bits per heavy atom. The van der Waals surface area contributed by atoms with E-state index in [1.807, 2.05) is 44.7 Å². The van der Waals surface area contributed by atoms with Crippen molar-refractivity contribution in [3.63, 3.8) is 0 Å². The summed E-state index contributed by atoms with van der Waals surface area (Å²) >= 11 is 0. The fraction of sp³-hybridized carbons (Fsp3) is 0.591. The number of carbonyl (C=O) groups is 3. The van der Waals surface area contributed by atoms with Gasteiger partial charge in [-0.3, -0.25) is 14.4 Å². The molecule has 1 heterocycles. The molecule has 6 heteroatoms. The van der Waals surface area contributed by atoms with Gasteiger partial charge in [0, 0.05) is 31.1 Å². The summed E-state index contributed by atoms with van der Waals surface area (Å²) in [6.07, 6.45) is 2.73. The molecule has 1 aromatic carbocycles. The van der Waals surface area contributed by atoms with Gasteiger partial charge in [-0.15, -0.1) is 0 Å². The summed E-state index contributed by atoms with van der Waals surface area (Å²) in [6.45, 7) is 9.06. The van der Waals surface area contributed by atoms with Gasteiger partial charge in [0.1, 0.15) is 6.04 Å². The van der Waals surface area contributed by atoms with E-state index in [2.05, 4.69) is 10.6 Å². The molecular weight excluding hydrogens is 354 g/mol. The zero-order valence-corrected chi connectivity index (χ0v) is 17.5. The van der Waals surface area contributed by atoms with E-state index in [-0.39, 0.29) is 29.7 Å². The monoisotopic (exact) mass is 387 g/mol. The Hall–Kier alpha value is -2.37. The van der Waals surface area contributed by atoms with Crippen molar-refractivity contribution in [2.45, 2.75) is 65.5 Å². The highest BCUT2D eigenvalue weighted by atomic mass is 16.2. The number of carbonyl (C=O) groups excluding carboxylic acids is 3. The van der Waals surface area contributed by atoms with Gasteiger partial charge in [0.25, 0.3) is 5.91 Å². The topological polar surface area (TPSA) is 78.5 Å². The number of benzene rings is 1. The standard InChI is InChI=1S/C22H33N3O3/c1-5-16(4)23-22(28)20(17-11-13-25(14-12-17)19(26)6-2)24-21(27)18-9-7-15(3)8-10-18/h7-10,16-17,20H,5-6,11-14H2,1-4H3,(H,23,28)(H,24,27). The largest absolute Gasteiger partial charge is 0.352 e. The van der Waals surface area contributed by atoms with Crippen LogP contribution in [0.25, 0.3) is 0 Å². The van der Waals surface area contributed by atoms with Crippen LogP contribution in [0.5, 0.6) is 0 Å². The van der Waals surface area contributed by atoms with Crippen LogP contribution in [0.2, 0.25) is 0 Å². The molecule has 0 bridgehead atoms. The van der Waals surface area contributed by atoms with E-state index in [9.17, 15) is 14.4 Å². The Morgan fingerprint density at radius 1 is 1.07 bits per heavy atom. The minimum absolute atomic E-state index is 0.0133. The first-order chi connectivity index (χ1) is 13.3. The number of nitrogens with zero attached hydrogens (tertiary/aromatic N) is 1. The van der Waals surface area contributed by atoms with E-state index in [1.165, 1.54) is 0 Å². The quantitative estimate of drug-likeness (QED) is 0.755. The molecule has 1 aromatic rings. The van der Waals surface area contributed by atoms with Gasteiger partial charge in [0.2, 0.25) is 11.8 Å². The van der Waals surface area contributed by atoms with Crippen molar-refractivity contribution in [1.82, 2.24) is 15.5 Å². The molecule has 2 unspecified atom stereocenters. The number of rotatable bonds is 7. The van der Waals surface area contributed by atoms with Crippen LogP contribution in [0.4, 0.5) is 0 Å². The maximum Gasteiger partial charge on any atom is 0.251 e. The van der Waals surface area contributed by atoms with Crippen LogP contribution in [0, 0.1) is 12.8 Å². The molecule has 3 amide bonds. The number of hydrogen-bond acceptors (Lipinski definition) is 3. The number of piperidine rings is 1. The third-order valence-corrected chi connectivity index (χ3v) is 5.55. The van der Waals surface area contributed by atoms with Gasteiger partial charge in [0.15, 0.2) is 0 Å². The fourth-order valence-corrected chi connectivity index (χ4v) is 3.47. The predicted octanol–water partition coefficient (Wildman–Crippen LogP) is 2.66. The molecule has 2 N–H and O–H groups in total. The zero-order valence-electron chi connectivity index (χ0n) is 17.5. The van der Waals surface area contributed by atoms with Crippen LogP contribution >= 0.6 is 0 Å². The maximum atomic E-state index is 12.9. The van der Waals surface area contributed by atoms with Crippen molar-refractivity contribution in [2.24, 2.45) is 5.92 Å². The third-order valence-electron chi connectivity index (χ3n) is 5.55. The molecule has 0 saturated carbocycles. The van der Waals surface area contributed by atoms with Crippen molar-refractivity contribution in [3.05, 3.63) is 35.4 Å². The van der Waals surface area contributed by atoms with Crippen LogP contribution in [0.1, 0.15) is 62.4 Å². The number of likely N-dealkylation sites (tertiary alicyclic amines) is 1. The summed E-state index contributed by atoms with van der Waals surface area (Å²) in [5, 5.41) is 5.96. The summed E-state index contributed by atoms with van der Waals surface area (Å²) in [7, 11) is 0. The predicted molar refractivity (Wildman–Crippen MR) is 110 cm³/mol. The second kappa shape index (κ2) is 10.2. The second-order valence-electron chi connectivity index (χ2n) is 7.71. The summed E-state index contributed by atoms with van der Waals surface area (Å²) in [4.78, 5) is 39.4. The van der Waals surface area contributed by atoms with E-state index in [1.54, 1.807) is 12.1 Å². The minimum Gasteiger partial charge on any atom is -0.352 e. The number of nitrogens with one attached hydrogen (secondary N) is 2. The molecule has 1 saturated heterocycles. The van der Waals surface area contributed by atoms with Gasteiger partial charge in [-0.1, -0.05) is 31.5 Å². The van der Waals surface area contributed by atoms with Gasteiger partial charge in [-0.2, -0.15) is 0 Å². The fourth-order valence-electron chi connectivity index (χ4n) is 3.47. The number of amides is 3. The molecule has 154 valence electrons. The van der Waals surface area contributed by atoms with Crippen LogP contribution in [0.15, 0.2) is 24.3 Å². The molecule has 0 aromatic heterocycles. The second-order valence-corrected chi connectivity index (χ2v) is 7.71. The van der Waals surface area contributed by atoms with Gasteiger partial charge < -0.3 is 15.5 Å². The first-order valence-electron chi connectivity index (χ1n) is 10.3. The molecule has 1 fully saturated rings. The van der Waals surface area contributed by atoms with Gasteiger partial charge in [-0.05, 0) is 51.2 Å². The lowest BCUT2D eigenvalue weighted by Gasteiger charge is -2.36. The first-order valence-corrected chi connectivity index (χ1v) is 10.3. The van der Waals surface area contributed by atoms with E-state index in [4.69, 9.17) is 0 Å². The molecule has 1 aliphatic rings. The van der Waals surface area contributed by atoms with E-state index in [0.717, 1.165) is 12.0 Å². The highest BCUT2D eigenvalue weighted by Crippen LogP contribution is 2.22. The van der Waals surface area contributed by atoms with Crippen molar-refractivity contribution in [1.29, 1.82) is 0 Å². The van der Waals surface area contributed by atoms with Gasteiger partial charge in [0.05, 0.1) is 0 Å². The van der Waals surface area contributed by atoms with Crippen molar-refractivity contribution in [2.75, 3.05) is 13.1 Å². The van der Waals surface area contributed by atoms with Crippen molar-refractivity contribution < 1.29 is 14.4 Å².